The summed E-state index contributed by atoms with van der Waals surface area (Å²) in [5.41, 5.74) is 6.84. The third kappa shape index (κ3) is 1.49. The van der Waals surface area contributed by atoms with Crippen molar-refractivity contribution in [1.82, 2.24) is 9.38 Å². The fraction of sp³-hybridized carbons (Fsp3) is 0.222. The zero-order chi connectivity index (χ0) is 10.3. The van der Waals surface area contributed by atoms with Crippen LogP contribution in [0.1, 0.15) is 18.8 Å². The zero-order valence-corrected chi connectivity index (χ0v) is 10.7. The lowest BCUT2D eigenvalue weighted by molar-refractivity contribution is 0.734. The van der Waals surface area contributed by atoms with Crippen LogP contribution in [0.15, 0.2) is 27.4 Å². The molecular formula is C9H9Br2N3. The summed E-state index contributed by atoms with van der Waals surface area (Å²) in [6.45, 7) is 1.92. The maximum atomic E-state index is 5.82. The smallest absolute Gasteiger partial charge is 0.133 e. The molecule has 0 radical (unpaired) electrons. The molecule has 0 bridgehead atoms. The highest BCUT2D eigenvalue weighted by Crippen LogP contribution is 2.27. The van der Waals surface area contributed by atoms with Crippen molar-refractivity contribution < 1.29 is 0 Å². The maximum Gasteiger partial charge on any atom is 0.133 e. The van der Waals surface area contributed by atoms with E-state index in [9.17, 15) is 0 Å². The Bertz CT molecular complexity index is 476. The predicted molar refractivity (Wildman–Crippen MR) is 63.2 cm³/mol. The first-order valence-corrected chi connectivity index (χ1v) is 5.77. The van der Waals surface area contributed by atoms with Crippen LogP contribution in [-0.4, -0.2) is 9.38 Å². The van der Waals surface area contributed by atoms with Gasteiger partial charge in [0.15, 0.2) is 0 Å². The Hall–Kier alpha value is -0.390. The highest BCUT2D eigenvalue weighted by atomic mass is 79.9. The number of imidazole rings is 1. The largest absolute Gasteiger partial charge is 0.322 e. The van der Waals surface area contributed by atoms with Crippen LogP contribution < -0.4 is 5.73 Å². The quantitative estimate of drug-likeness (QED) is 0.878. The molecule has 0 aliphatic rings. The van der Waals surface area contributed by atoms with Gasteiger partial charge in [-0.3, -0.25) is 0 Å². The maximum absolute atomic E-state index is 5.82. The standard InChI is InChI=1S/C9H9Br2N3/c1-5(12)9-13-8(11)7-6(10)3-2-4-14(7)9/h2-5H,12H2,1H3. The number of pyridine rings is 1. The van der Waals surface area contributed by atoms with Crippen molar-refractivity contribution in [1.29, 1.82) is 0 Å². The first kappa shape index (κ1) is 10.1. The molecule has 0 fully saturated rings. The lowest BCUT2D eigenvalue weighted by Gasteiger charge is -2.03. The number of fused-ring (bicyclic) bond motifs is 1. The second kappa shape index (κ2) is 3.64. The molecule has 2 N–H and O–H groups in total. The van der Waals surface area contributed by atoms with Crippen LogP contribution in [0.25, 0.3) is 5.52 Å². The third-order valence-corrected chi connectivity index (χ3v) is 3.20. The third-order valence-electron chi connectivity index (χ3n) is 2.01. The van der Waals surface area contributed by atoms with Crippen LogP contribution in [0.3, 0.4) is 0 Å². The van der Waals surface area contributed by atoms with E-state index in [1.165, 1.54) is 0 Å². The lowest BCUT2D eigenvalue weighted by Crippen LogP contribution is -2.09. The number of hydrogen-bond donors (Lipinski definition) is 1. The van der Waals surface area contributed by atoms with Gasteiger partial charge in [-0.2, -0.15) is 0 Å². The molecule has 2 heterocycles. The molecule has 0 aromatic carbocycles. The summed E-state index contributed by atoms with van der Waals surface area (Å²) in [5.74, 6) is 0.855. The highest BCUT2D eigenvalue weighted by molar-refractivity contribution is 9.11. The van der Waals surface area contributed by atoms with Crippen LogP contribution in [0, 0.1) is 0 Å². The molecule has 1 atom stereocenters. The molecule has 1 unspecified atom stereocenters. The van der Waals surface area contributed by atoms with Crippen molar-refractivity contribution in [3.8, 4) is 0 Å². The van der Waals surface area contributed by atoms with Gasteiger partial charge in [0.2, 0.25) is 0 Å². The van der Waals surface area contributed by atoms with E-state index in [-0.39, 0.29) is 6.04 Å². The summed E-state index contributed by atoms with van der Waals surface area (Å²) < 4.78 is 3.81. The van der Waals surface area contributed by atoms with Gasteiger partial charge in [-0.1, -0.05) is 0 Å². The van der Waals surface area contributed by atoms with E-state index in [0.717, 1.165) is 20.4 Å². The van der Waals surface area contributed by atoms with Crippen LogP contribution in [-0.2, 0) is 0 Å². The van der Waals surface area contributed by atoms with Gasteiger partial charge in [0, 0.05) is 10.7 Å². The fourth-order valence-electron chi connectivity index (χ4n) is 1.40. The van der Waals surface area contributed by atoms with Gasteiger partial charge in [0.1, 0.15) is 10.4 Å². The van der Waals surface area contributed by atoms with Gasteiger partial charge >= 0.3 is 0 Å². The topological polar surface area (TPSA) is 43.3 Å². The summed E-state index contributed by atoms with van der Waals surface area (Å²) in [5, 5.41) is 0. The number of halogens is 2. The molecule has 3 nitrogen and oxygen atoms in total. The Kier molecular flexibility index (Phi) is 2.64. The molecular weight excluding hydrogens is 310 g/mol. The van der Waals surface area contributed by atoms with Crippen LogP contribution >= 0.6 is 31.9 Å². The highest BCUT2D eigenvalue weighted by Gasteiger charge is 2.13. The molecule has 5 heteroatoms. The molecule has 0 aliphatic heterocycles. The molecule has 2 aromatic heterocycles. The first-order chi connectivity index (χ1) is 6.61. The number of hydrogen-bond acceptors (Lipinski definition) is 2. The minimum absolute atomic E-state index is 0.0805. The summed E-state index contributed by atoms with van der Waals surface area (Å²) in [7, 11) is 0. The van der Waals surface area contributed by atoms with Gasteiger partial charge in [0.05, 0.1) is 11.6 Å². The van der Waals surface area contributed by atoms with Gasteiger partial charge in [-0.25, -0.2) is 4.98 Å². The number of rotatable bonds is 1. The Morgan fingerprint density at radius 3 is 2.86 bits per heavy atom. The molecule has 2 aromatic rings. The van der Waals surface area contributed by atoms with Crippen molar-refractivity contribution in [2.75, 3.05) is 0 Å². The Morgan fingerprint density at radius 1 is 1.50 bits per heavy atom. The second-order valence-electron chi connectivity index (χ2n) is 3.12. The van der Waals surface area contributed by atoms with E-state index < -0.39 is 0 Å². The Balaban J connectivity index is 2.84. The average molecular weight is 319 g/mol. The molecule has 0 aliphatic carbocycles. The average Bonchev–Trinajstić information content (AvgIpc) is 2.45. The van der Waals surface area contributed by atoms with Crippen molar-refractivity contribution in [2.24, 2.45) is 5.73 Å². The zero-order valence-electron chi connectivity index (χ0n) is 7.54. The molecule has 0 saturated carbocycles. The predicted octanol–water partition coefficient (Wildman–Crippen LogP) is 2.88. The SMILES string of the molecule is CC(N)c1nc(Br)c2c(Br)cccn12. The monoisotopic (exact) mass is 317 g/mol. The first-order valence-electron chi connectivity index (χ1n) is 4.19. The van der Waals surface area contributed by atoms with Crippen molar-refractivity contribution >= 4 is 37.4 Å². The minimum atomic E-state index is -0.0805. The lowest BCUT2D eigenvalue weighted by atomic mass is 10.3. The van der Waals surface area contributed by atoms with Crippen molar-refractivity contribution in [3.63, 3.8) is 0 Å². The van der Waals surface area contributed by atoms with Gasteiger partial charge in [-0.05, 0) is 50.9 Å². The van der Waals surface area contributed by atoms with E-state index in [1.54, 1.807) is 0 Å². The molecule has 0 amide bonds. The van der Waals surface area contributed by atoms with E-state index in [4.69, 9.17) is 5.73 Å². The summed E-state index contributed by atoms with van der Waals surface area (Å²) in [6.07, 6.45) is 1.95. The second-order valence-corrected chi connectivity index (χ2v) is 4.73. The molecule has 74 valence electrons. The number of aromatic nitrogens is 2. The fourth-order valence-corrected chi connectivity index (χ4v) is 2.78. The van der Waals surface area contributed by atoms with E-state index in [1.807, 2.05) is 29.7 Å². The number of nitrogens with two attached hydrogens (primary N) is 1. The molecule has 14 heavy (non-hydrogen) atoms. The van der Waals surface area contributed by atoms with Gasteiger partial charge < -0.3 is 10.1 Å². The Morgan fingerprint density at radius 2 is 2.21 bits per heavy atom. The van der Waals surface area contributed by atoms with Crippen LogP contribution in [0.4, 0.5) is 0 Å². The van der Waals surface area contributed by atoms with Crippen LogP contribution in [0.5, 0.6) is 0 Å². The summed E-state index contributed by atoms with van der Waals surface area (Å²) >= 11 is 6.90. The van der Waals surface area contributed by atoms with Crippen molar-refractivity contribution in [3.05, 3.63) is 33.2 Å². The van der Waals surface area contributed by atoms with E-state index in [2.05, 4.69) is 36.8 Å². The molecule has 0 saturated heterocycles. The minimum Gasteiger partial charge on any atom is -0.322 e. The van der Waals surface area contributed by atoms with E-state index >= 15 is 0 Å². The molecule has 0 spiro atoms. The van der Waals surface area contributed by atoms with E-state index in [0.29, 0.717) is 0 Å². The normalized spacial score (nSPS) is 13.4. The molecule has 2 rings (SSSR count). The van der Waals surface area contributed by atoms with Crippen LogP contribution in [0.2, 0.25) is 0 Å². The van der Waals surface area contributed by atoms with Gasteiger partial charge in [-0.15, -0.1) is 0 Å². The summed E-state index contributed by atoms with van der Waals surface area (Å²) in [6, 6.07) is 3.85. The summed E-state index contributed by atoms with van der Waals surface area (Å²) in [4.78, 5) is 4.37. The van der Waals surface area contributed by atoms with Crippen molar-refractivity contribution in [2.45, 2.75) is 13.0 Å². The Labute approximate surface area is 98.6 Å². The van der Waals surface area contributed by atoms with Gasteiger partial charge in [0.25, 0.3) is 0 Å². The number of nitrogens with zero attached hydrogens (tertiary/aromatic N) is 2.